The molecule has 0 unspecified atom stereocenters. The lowest BCUT2D eigenvalue weighted by Gasteiger charge is -2.54. The van der Waals surface area contributed by atoms with Gasteiger partial charge in [-0.05, 0) is 98.2 Å². The molecule has 1 heterocycles. The van der Waals surface area contributed by atoms with Gasteiger partial charge >= 0.3 is 6.09 Å². The van der Waals surface area contributed by atoms with Crippen LogP contribution in [0.25, 0.3) is 10.8 Å². The van der Waals surface area contributed by atoms with E-state index in [-0.39, 0.29) is 22.8 Å². The van der Waals surface area contributed by atoms with Crippen LogP contribution in [0.4, 0.5) is 4.79 Å². The maximum atomic E-state index is 14.4. The lowest BCUT2D eigenvalue weighted by atomic mass is 9.64. The minimum absolute atomic E-state index is 0.000368. The van der Waals surface area contributed by atoms with Gasteiger partial charge in [-0.2, -0.15) is 0 Å². The Labute approximate surface area is 291 Å². The summed E-state index contributed by atoms with van der Waals surface area (Å²) in [6.45, 7) is 25.0. The molecule has 1 saturated carbocycles. The first kappa shape index (κ1) is 38.9. The van der Waals surface area contributed by atoms with Crippen LogP contribution in [0.3, 0.4) is 0 Å². The van der Waals surface area contributed by atoms with E-state index in [0.717, 1.165) is 54.2 Å². The van der Waals surface area contributed by atoms with Crippen LogP contribution in [-0.4, -0.2) is 52.6 Å². The van der Waals surface area contributed by atoms with E-state index in [1.807, 2.05) is 125 Å². The summed E-state index contributed by atoms with van der Waals surface area (Å²) in [5.41, 5.74) is 0.952. The topological polar surface area (TPSA) is 59.1 Å². The first-order valence-electron chi connectivity index (χ1n) is 18.1. The van der Waals surface area contributed by atoms with E-state index in [2.05, 4.69) is 27.7 Å². The van der Waals surface area contributed by atoms with E-state index in [0.29, 0.717) is 31.8 Å². The average Bonchev–Trinajstić information content (AvgIpc) is 3.05. The van der Waals surface area contributed by atoms with Crippen molar-refractivity contribution in [3.8, 4) is 5.75 Å². The molecule has 1 saturated heterocycles. The van der Waals surface area contributed by atoms with Crippen molar-refractivity contribution in [2.24, 2.45) is 10.8 Å². The molecule has 0 N–H and O–H groups in total. The summed E-state index contributed by atoms with van der Waals surface area (Å²) in [5.74, 6) is 0.733. The van der Waals surface area contributed by atoms with Crippen molar-refractivity contribution < 1.29 is 19.1 Å². The van der Waals surface area contributed by atoms with Crippen LogP contribution >= 0.6 is 0 Å². The summed E-state index contributed by atoms with van der Waals surface area (Å²) >= 11 is 0. The number of carbonyl (C=O) groups is 2. The maximum absolute atomic E-state index is 14.4. The highest BCUT2D eigenvalue weighted by Gasteiger charge is 2.49. The molecule has 6 heteroatoms. The summed E-state index contributed by atoms with van der Waals surface area (Å²) < 4.78 is 12.1. The number of benzene rings is 3. The summed E-state index contributed by atoms with van der Waals surface area (Å²) in [4.78, 5) is 32.1. The minimum atomic E-state index is -0.589. The molecule has 0 aromatic heterocycles. The van der Waals surface area contributed by atoms with Crippen molar-refractivity contribution >= 4 is 22.8 Å². The Hall–Kier alpha value is -3.54. The Morgan fingerprint density at radius 1 is 0.771 bits per heavy atom. The van der Waals surface area contributed by atoms with Gasteiger partial charge in [0.2, 0.25) is 0 Å². The van der Waals surface area contributed by atoms with E-state index in [9.17, 15) is 9.59 Å². The fraction of sp³-hybridized carbons (Fsp3) is 0.571. The number of rotatable bonds is 4. The molecule has 0 atom stereocenters. The molecule has 3 aromatic carbocycles. The highest BCUT2D eigenvalue weighted by Crippen LogP contribution is 2.48. The van der Waals surface area contributed by atoms with Gasteiger partial charge in [0.25, 0.3) is 5.91 Å². The Kier molecular flexibility index (Phi) is 13.2. The molecule has 1 aliphatic carbocycles. The second-order valence-electron chi connectivity index (χ2n) is 15.6. The van der Waals surface area contributed by atoms with E-state index in [1.165, 1.54) is 0 Å². The van der Waals surface area contributed by atoms with Crippen molar-refractivity contribution in [2.75, 3.05) is 19.6 Å². The zero-order chi connectivity index (χ0) is 35.8. The second kappa shape index (κ2) is 16.2. The number of nitrogens with zero attached hydrogens (tertiary/aromatic N) is 2. The number of piperazine rings is 1. The molecule has 2 aliphatic rings. The van der Waals surface area contributed by atoms with Crippen molar-refractivity contribution in [1.82, 2.24) is 9.80 Å². The molecule has 5 rings (SSSR count). The Balaban J connectivity index is 0.00000151. The molecule has 48 heavy (non-hydrogen) atoms. The fourth-order valence-electron chi connectivity index (χ4n) is 7.36. The Morgan fingerprint density at radius 3 is 2.00 bits per heavy atom. The summed E-state index contributed by atoms with van der Waals surface area (Å²) in [6, 6.07) is 22.0. The monoisotopic (exact) mass is 658 g/mol. The van der Waals surface area contributed by atoms with Gasteiger partial charge in [-0.3, -0.25) is 9.69 Å². The smallest absolute Gasteiger partial charge is 0.410 e. The number of fused-ring (bicyclic) bond motifs is 1. The van der Waals surface area contributed by atoms with Gasteiger partial charge in [-0.15, -0.1) is 0 Å². The van der Waals surface area contributed by atoms with Crippen molar-refractivity contribution in [3.63, 3.8) is 0 Å². The van der Waals surface area contributed by atoms with Gasteiger partial charge in [0.1, 0.15) is 18.0 Å². The van der Waals surface area contributed by atoms with Crippen LogP contribution in [0.1, 0.15) is 124 Å². The largest absolute Gasteiger partial charge is 0.489 e. The predicted octanol–water partition coefficient (Wildman–Crippen LogP) is 10.9. The van der Waals surface area contributed by atoms with Gasteiger partial charge in [-0.1, -0.05) is 104 Å². The number of carbonyl (C=O) groups excluding carboxylic acids is 2. The number of amides is 2. The second-order valence-corrected chi connectivity index (χ2v) is 15.6. The van der Waals surface area contributed by atoms with E-state index in [4.69, 9.17) is 9.47 Å². The molecule has 2 fully saturated rings. The summed E-state index contributed by atoms with van der Waals surface area (Å²) in [6.07, 6.45) is 4.50. The number of hydrogen-bond donors (Lipinski definition) is 0. The molecule has 1 spiro atoms. The van der Waals surface area contributed by atoms with Crippen LogP contribution in [0.2, 0.25) is 0 Å². The van der Waals surface area contributed by atoms with E-state index < -0.39 is 11.1 Å². The van der Waals surface area contributed by atoms with Crippen LogP contribution in [-0.2, 0) is 11.3 Å². The van der Waals surface area contributed by atoms with E-state index in [1.54, 1.807) is 0 Å². The van der Waals surface area contributed by atoms with Crippen LogP contribution < -0.4 is 4.74 Å². The predicted molar refractivity (Wildman–Crippen MR) is 200 cm³/mol. The molecule has 6 nitrogen and oxygen atoms in total. The summed E-state index contributed by atoms with van der Waals surface area (Å²) in [7, 11) is 0. The number of ether oxygens (including phenoxy) is 2. The SMILES string of the molecule is CC.CC.CC1(C)CCC2(CCC(C)(C)C1)CN(C(=O)c1cccc3ccc(OCc4ccccc4)cc13)CCN2C(=O)OC(C)(C)C. The van der Waals surface area contributed by atoms with Crippen LogP contribution in [0.15, 0.2) is 66.7 Å². The van der Waals surface area contributed by atoms with Crippen molar-refractivity contribution in [1.29, 1.82) is 0 Å². The third-order valence-electron chi connectivity index (χ3n) is 9.38. The third kappa shape index (κ3) is 9.99. The molecule has 3 aromatic rings. The van der Waals surface area contributed by atoms with Crippen LogP contribution in [0.5, 0.6) is 5.75 Å². The highest BCUT2D eigenvalue weighted by molar-refractivity contribution is 6.07. The number of hydrogen-bond acceptors (Lipinski definition) is 4. The maximum Gasteiger partial charge on any atom is 0.410 e. The molecule has 2 amide bonds. The summed E-state index contributed by atoms with van der Waals surface area (Å²) in [5, 5.41) is 1.88. The first-order chi connectivity index (χ1) is 22.7. The van der Waals surface area contributed by atoms with Gasteiger partial charge in [-0.25, -0.2) is 4.79 Å². The lowest BCUT2D eigenvalue weighted by molar-refractivity contribution is -0.0504. The molecule has 0 radical (unpaired) electrons. The quantitative estimate of drug-likeness (QED) is 0.280. The average molecular weight is 659 g/mol. The lowest BCUT2D eigenvalue weighted by Crippen LogP contribution is -2.66. The van der Waals surface area contributed by atoms with Crippen molar-refractivity contribution in [3.05, 3.63) is 77.9 Å². The molecule has 264 valence electrons. The normalized spacial score (nSPS) is 18.3. The zero-order valence-corrected chi connectivity index (χ0v) is 31.7. The van der Waals surface area contributed by atoms with E-state index >= 15 is 0 Å². The minimum Gasteiger partial charge on any atom is -0.489 e. The van der Waals surface area contributed by atoms with Crippen LogP contribution in [0, 0.1) is 10.8 Å². The Bertz CT molecular complexity index is 1470. The zero-order valence-electron chi connectivity index (χ0n) is 31.7. The first-order valence-corrected chi connectivity index (χ1v) is 18.1. The van der Waals surface area contributed by atoms with Gasteiger partial charge in [0.05, 0.1) is 5.54 Å². The third-order valence-corrected chi connectivity index (χ3v) is 9.38. The standard InChI is InChI=1S/C38H50N2O4.2C2H6/c1-35(2,3)44-34(42)40-23-22-39(27-38(40)20-18-36(4,5)26-37(6,7)19-21-38)33(41)31-15-11-14-29-16-17-30(24-32(29)31)43-25-28-12-9-8-10-13-28;2*1-2/h8-17,24H,18-23,25-27H2,1-7H3;2*1-2H3. The highest BCUT2D eigenvalue weighted by atomic mass is 16.6. The molecule has 0 bridgehead atoms. The Morgan fingerprint density at radius 2 is 1.40 bits per heavy atom. The fourth-order valence-corrected chi connectivity index (χ4v) is 7.36. The van der Waals surface area contributed by atoms with Gasteiger partial charge < -0.3 is 14.4 Å². The van der Waals surface area contributed by atoms with Gasteiger partial charge in [0, 0.05) is 25.2 Å². The van der Waals surface area contributed by atoms with Gasteiger partial charge in [0.15, 0.2) is 0 Å². The van der Waals surface area contributed by atoms with Crippen molar-refractivity contribution in [2.45, 2.75) is 126 Å². The molecular weight excluding hydrogens is 596 g/mol. The molecular formula is C42H62N2O4. The molecule has 1 aliphatic heterocycles.